The van der Waals surface area contributed by atoms with Crippen LogP contribution in [0.2, 0.25) is 5.02 Å². The number of hydrogen-bond donors (Lipinski definition) is 2. The van der Waals surface area contributed by atoms with E-state index in [0.717, 1.165) is 31.6 Å². The number of likely N-dealkylation sites (tertiary alicyclic amines) is 1. The summed E-state index contributed by atoms with van der Waals surface area (Å²) in [5.74, 6) is 0.311. The molecule has 1 aromatic rings. The fourth-order valence-corrected chi connectivity index (χ4v) is 3.04. The van der Waals surface area contributed by atoms with Gasteiger partial charge in [0.2, 0.25) is 0 Å². The molecule has 0 saturated carbocycles. The van der Waals surface area contributed by atoms with Gasteiger partial charge in [-0.25, -0.2) is 0 Å². The van der Waals surface area contributed by atoms with Gasteiger partial charge in [0, 0.05) is 23.2 Å². The van der Waals surface area contributed by atoms with E-state index < -0.39 is 0 Å². The SMILES string of the molecule is CNCCC1CCCCN1Cc1c(O)cccc1Cl. The molecule has 1 atom stereocenters. The topological polar surface area (TPSA) is 35.5 Å². The van der Waals surface area contributed by atoms with Crippen molar-refractivity contribution in [3.8, 4) is 5.75 Å². The predicted molar refractivity (Wildman–Crippen MR) is 79.7 cm³/mol. The van der Waals surface area contributed by atoms with Gasteiger partial charge in [-0.1, -0.05) is 24.1 Å². The lowest BCUT2D eigenvalue weighted by Crippen LogP contribution is -2.40. The summed E-state index contributed by atoms with van der Waals surface area (Å²) in [6.45, 7) is 2.88. The van der Waals surface area contributed by atoms with Gasteiger partial charge in [-0.05, 0) is 51.5 Å². The summed E-state index contributed by atoms with van der Waals surface area (Å²) in [6.07, 6.45) is 4.94. The van der Waals surface area contributed by atoms with Gasteiger partial charge < -0.3 is 10.4 Å². The second-order valence-corrected chi connectivity index (χ2v) is 5.66. The molecule has 1 aliphatic rings. The van der Waals surface area contributed by atoms with Crippen LogP contribution < -0.4 is 5.32 Å². The van der Waals surface area contributed by atoms with Crippen molar-refractivity contribution in [1.82, 2.24) is 10.2 Å². The Bertz CT molecular complexity index is 391. The zero-order valence-corrected chi connectivity index (χ0v) is 12.3. The Balaban J connectivity index is 2.06. The van der Waals surface area contributed by atoms with Crippen LogP contribution in [0.5, 0.6) is 5.75 Å². The van der Waals surface area contributed by atoms with Crippen LogP contribution in [0.15, 0.2) is 18.2 Å². The van der Waals surface area contributed by atoms with Gasteiger partial charge in [0.05, 0.1) is 0 Å². The number of halogens is 1. The molecule has 2 N–H and O–H groups in total. The molecule has 0 radical (unpaired) electrons. The third-order valence-corrected chi connectivity index (χ3v) is 4.29. The van der Waals surface area contributed by atoms with Crippen LogP contribution >= 0.6 is 11.6 Å². The van der Waals surface area contributed by atoms with E-state index in [1.54, 1.807) is 12.1 Å². The molecule has 1 unspecified atom stereocenters. The number of phenolic OH excluding ortho intramolecular Hbond substituents is 1. The van der Waals surface area contributed by atoms with Gasteiger partial charge in [0.25, 0.3) is 0 Å². The van der Waals surface area contributed by atoms with Crippen molar-refractivity contribution in [3.63, 3.8) is 0 Å². The molecule has 1 heterocycles. The number of hydrogen-bond acceptors (Lipinski definition) is 3. The van der Waals surface area contributed by atoms with Crippen molar-refractivity contribution in [1.29, 1.82) is 0 Å². The van der Waals surface area contributed by atoms with Crippen molar-refractivity contribution >= 4 is 11.6 Å². The molecule has 0 aliphatic carbocycles. The van der Waals surface area contributed by atoms with E-state index in [9.17, 15) is 5.11 Å². The first-order chi connectivity index (χ1) is 9.22. The minimum Gasteiger partial charge on any atom is -0.508 e. The summed E-state index contributed by atoms with van der Waals surface area (Å²) in [6, 6.07) is 5.95. The van der Waals surface area contributed by atoms with Crippen LogP contribution in [-0.2, 0) is 6.54 Å². The van der Waals surface area contributed by atoms with Crippen molar-refractivity contribution in [3.05, 3.63) is 28.8 Å². The number of piperidine rings is 1. The Morgan fingerprint density at radius 2 is 2.26 bits per heavy atom. The lowest BCUT2D eigenvalue weighted by Gasteiger charge is -2.36. The normalized spacial score (nSPS) is 20.6. The summed E-state index contributed by atoms with van der Waals surface area (Å²) in [5.41, 5.74) is 0.862. The van der Waals surface area contributed by atoms with E-state index in [1.807, 2.05) is 13.1 Å². The Morgan fingerprint density at radius 1 is 1.42 bits per heavy atom. The second-order valence-electron chi connectivity index (χ2n) is 5.25. The molecule has 1 aliphatic heterocycles. The van der Waals surface area contributed by atoms with Crippen LogP contribution in [0, 0.1) is 0 Å². The molecule has 1 saturated heterocycles. The first-order valence-corrected chi connectivity index (χ1v) is 7.45. The van der Waals surface area contributed by atoms with E-state index in [0.29, 0.717) is 16.8 Å². The van der Waals surface area contributed by atoms with Gasteiger partial charge in [-0.15, -0.1) is 0 Å². The van der Waals surface area contributed by atoms with Crippen molar-refractivity contribution in [2.45, 2.75) is 38.3 Å². The van der Waals surface area contributed by atoms with Gasteiger partial charge >= 0.3 is 0 Å². The third-order valence-electron chi connectivity index (χ3n) is 3.93. The third kappa shape index (κ3) is 3.85. The zero-order valence-electron chi connectivity index (χ0n) is 11.5. The maximum atomic E-state index is 9.96. The van der Waals surface area contributed by atoms with Gasteiger partial charge in [-0.3, -0.25) is 4.90 Å². The van der Waals surface area contributed by atoms with Crippen LogP contribution in [0.1, 0.15) is 31.2 Å². The van der Waals surface area contributed by atoms with Crippen LogP contribution in [0.25, 0.3) is 0 Å². The molecule has 1 aromatic carbocycles. The molecule has 4 heteroatoms. The van der Waals surface area contributed by atoms with Crippen LogP contribution in [0.3, 0.4) is 0 Å². The average Bonchev–Trinajstić information content (AvgIpc) is 2.42. The first kappa shape index (κ1) is 14.6. The van der Waals surface area contributed by atoms with E-state index >= 15 is 0 Å². The van der Waals surface area contributed by atoms with Crippen LogP contribution in [0.4, 0.5) is 0 Å². The summed E-state index contributed by atoms with van der Waals surface area (Å²) in [7, 11) is 1.99. The Hall–Kier alpha value is -0.770. The van der Waals surface area contributed by atoms with Gasteiger partial charge in [0.15, 0.2) is 0 Å². The number of aromatic hydroxyl groups is 1. The fraction of sp³-hybridized carbons (Fsp3) is 0.600. The minimum absolute atomic E-state index is 0.311. The maximum absolute atomic E-state index is 9.96. The lowest BCUT2D eigenvalue weighted by molar-refractivity contribution is 0.131. The smallest absolute Gasteiger partial charge is 0.121 e. The minimum atomic E-state index is 0.311. The molecule has 0 amide bonds. The molecular weight excluding hydrogens is 260 g/mol. The Morgan fingerprint density at radius 3 is 3.00 bits per heavy atom. The molecule has 0 bridgehead atoms. The van der Waals surface area contributed by atoms with E-state index in [-0.39, 0.29) is 0 Å². The number of rotatable bonds is 5. The molecule has 19 heavy (non-hydrogen) atoms. The fourth-order valence-electron chi connectivity index (χ4n) is 2.81. The predicted octanol–water partition coefficient (Wildman–Crippen LogP) is 3.01. The highest BCUT2D eigenvalue weighted by Crippen LogP contribution is 2.29. The highest BCUT2D eigenvalue weighted by Gasteiger charge is 2.23. The lowest BCUT2D eigenvalue weighted by atomic mass is 9.98. The molecule has 1 fully saturated rings. The highest BCUT2D eigenvalue weighted by molar-refractivity contribution is 6.31. The molecule has 0 spiro atoms. The van der Waals surface area contributed by atoms with E-state index in [4.69, 9.17) is 11.6 Å². The highest BCUT2D eigenvalue weighted by atomic mass is 35.5. The molecular formula is C15H23ClN2O. The Labute approximate surface area is 120 Å². The number of nitrogens with zero attached hydrogens (tertiary/aromatic N) is 1. The largest absolute Gasteiger partial charge is 0.508 e. The maximum Gasteiger partial charge on any atom is 0.121 e. The molecule has 106 valence electrons. The zero-order chi connectivity index (χ0) is 13.7. The number of phenols is 1. The van der Waals surface area contributed by atoms with Crippen LogP contribution in [-0.4, -0.2) is 36.2 Å². The summed E-state index contributed by atoms with van der Waals surface area (Å²) < 4.78 is 0. The summed E-state index contributed by atoms with van der Waals surface area (Å²) in [4.78, 5) is 2.46. The quantitative estimate of drug-likeness (QED) is 0.871. The average molecular weight is 283 g/mol. The molecule has 0 aromatic heterocycles. The number of benzene rings is 1. The monoisotopic (exact) mass is 282 g/mol. The van der Waals surface area contributed by atoms with E-state index in [2.05, 4.69) is 10.2 Å². The van der Waals surface area contributed by atoms with Gasteiger partial charge in [0.1, 0.15) is 5.75 Å². The van der Waals surface area contributed by atoms with Crippen molar-refractivity contribution in [2.24, 2.45) is 0 Å². The summed E-state index contributed by atoms with van der Waals surface area (Å²) in [5, 5.41) is 13.8. The molecule has 2 rings (SSSR count). The second kappa shape index (κ2) is 7.13. The van der Waals surface area contributed by atoms with Crippen molar-refractivity contribution in [2.75, 3.05) is 20.1 Å². The van der Waals surface area contributed by atoms with Crippen molar-refractivity contribution < 1.29 is 5.11 Å². The molecule has 3 nitrogen and oxygen atoms in total. The number of nitrogens with one attached hydrogen (secondary N) is 1. The summed E-state index contributed by atoms with van der Waals surface area (Å²) >= 11 is 6.20. The standard InChI is InChI=1S/C15H23ClN2O/c1-17-9-8-12-5-2-3-10-18(12)11-13-14(16)6-4-7-15(13)19/h4,6-7,12,17,19H,2-3,5,8-11H2,1H3. The first-order valence-electron chi connectivity index (χ1n) is 7.07. The Kier molecular flexibility index (Phi) is 5.49. The van der Waals surface area contributed by atoms with E-state index in [1.165, 1.54) is 19.3 Å². The van der Waals surface area contributed by atoms with Gasteiger partial charge in [-0.2, -0.15) is 0 Å².